The average molecular weight is 325 g/mol. The number of carbonyl (C=O) groups excluding carboxylic acids is 1. The summed E-state index contributed by atoms with van der Waals surface area (Å²) in [5.41, 5.74) is 0.859. The molecule has 2 rings (SSSR count). The van der Waals surface area contributed by atoms with Crippen molar-refractivity contribution >= 4 is 21.8 Å². The van der Waals surface area contributed by atoms with Gasteiger partial charge in [0.15, 0.2) is 6.10 Å². The summed E-state index contributed by atoms with van der Waals surface area (Å²) >= 11 is 3.37. The molecule has 0 aliphatic rings. The number of nitrogens with one attached hydrogen (secondary N) is 1. The molecule has 1 amide bonds. The van der Waals surface area contributed by atoms with Gasteiger partial charge < -0.3 is 10.1 Å². The molecule has 1 unspecified atom stereocenters. The van der Waals surface area contributed by atoms with Crippen LogP contribution in [0.15, 0.2) is 35.1 Å². The first-order valence-electron chi connectivity index (χ1n) is 5.66. The van der Waals surface area contributed by atoms with Crippen molar-refractivity contribution in [2.24, 2.45) is 0 Å². The zero-order valence-corrected chi connectivity index (χ0v) is 12.1. The molecule has 0 saturated carbocycles. The zero-order valence-electron chi connectivity index (χ0n) is 10.5. The van der Waals surface area contributed by atoms with E-state index in [0.29, 0.717) is 0 Å². The molecule has 1 atom stereocenters. The molecule has 0 aliphatic heterocycles. The predicted molar refractivity (Wildman–Crippen MR) is 73.2 cm³/mol. The third-order valence-corrected chi connectivity index (χ3v) is 2.99. The highest BCUT2D eigenvalue weighted by Crippen LogP contribution is 2.14. The first-order valence-corrected chi connectivity index (χ1v) is 6.45. The average Bonchev–Trinajstić information content (AvgIpc) is 2.87. The number of likely N-dealkylation sites (N-methyl/N-ethyl adjacent to an activating group) is 1. The summed E-state index contributed by atoms with van der Waals surface area (Å²) in [4.78, 5) is 15.3. The highest BCUT2D eigenvalue weighted by atomic mass is 79.9. The molecular weight excluding hydrogens is 312 g/mol. The fourth-order valence-electron chi connectivity index (χ4n) is 1.44. The lowest BCUT2D eigenvalue weighted by atomic mass is 10.3. The summed E-state index contributed by atoms with van der Waals surface area (Å²) in [6.45, 7) is 1.64. The van der Waals surface area contributed by atoms with Crippen LogP contribution >= 0.6 is 15.9 Å². The van der Waals surface area contributed by atoms with Crippen LogP contribution in [-0.2, 0) is 4.79 Å². The number of halogens is 1. The largest absolute Gasteiger partial charge is 0.449 e. The van der Waals surface area contributed by atoms with Crippen LogP contribution in [0.2, 0.25) is 0 Å². The fraction of sp³-hybridized carbons (Fsp3) is 0.250. The van der Waals surface area contributed by atoms with Crippen LogP contribution in [0.4, 0.5) is 0 Å². The molecule has 0 radical (unpaired) electrons. The maximum absolute atomic E-state index is 11.3. The maximum atomic E-state index is 11.3. The number of benzene rings is 1. The van der Waals surface area contributed by atoms with Gasteiger partial charge in [0.1, 0.15) is 6.33 Å². The third kappa shape index (κ3) is 3.31. The van der Waals surface area contributed by atoms with Gasteiger partial charge in [0.05, 0.1) is 5.69 Å². The van der Waals surface area contributed by atoms with Gasteiger partial charge in [0.25, 0.3) is 5.91 Å². The van der Waals surface area contributed by atoms with Gasteiger partial charge in [-0.15, -0.1) is 5.10 Å². The van der Waals surface area contributed by atoms with Crippen molar-refractivity contribution in [2.45, 2.75) is 13.0 Å². The monoisotopic (exact) mass is 324 g/mol. The SMILES string of the molecule is CNC(=O)C(C)Oc1ncn(-c2ccc(Br)cc2)n1. The fourth-order valence-corrected chi connectivity index (χ4v) is 1.70. The Hall–Kier alpha value is -1.89. The van der Waals surface area contributed by atoms with Crippen molar-refractivity contribution in [1.82, 2.24) is 20.1 Å². The summed E-state index contributed by atoms with van der Waals surface area (Å²) in [6.07, 6.45) is 0.903. The molecule has 0 spiro atoms. The van der Waals surface area contributed by atoms with Gasteiger partial charge in [0.2, 0.25) is 0 Å². The van der Waals surface area contributed by atoms with Crippen molar-refractivity contribution in [1.29, 1.82) is 0 Å². The number of hydrogen-bond acceptors (Lipinski definition) is 4. The highest BCUT2D eigenvalue weighted by molar-refractivity contribution is 9.10. The molecule has 0 bridgehead atoms. The first kappa shape index (κ1) is 13.5. The smallest absolute Gasteiger partial charge is 0.336 e. The van der Waals surface area contributed by atoms with E-state index in [1.54, 1.807) is 18.7 Å². The van der Waals surface area contributed by atoms with Crippen molar-refractivity contribution in [3.8, 4) is 11.7 Å². The maximum Gasteiger partial charge on any atom is 0.336 e. The second-order valence-electron chi connectivity index (χ2n) is 3.82. The minimum absolute atomic E-state index is 0.166. The summed E-state index contributed by atoms with van der Waals surface area (Å²) in [6, 6.07) is 7.77. The first-order chi connectivity index (χ1) is 9.10. The molecule has 1 aromatic heterocycles. The number of hydrogen-bond donors (Lipinski definition) is 1. The van der Waals surface area contributed by atoms with Crippen LogP contribution in [0.25, 0.3) is 5.69 Å². The zero-order chi connectivity index (χ0) is 13.8. The van der Waals surface area contributed by atoms with Gasteiger partial charge in [-0.2, -0.15) is 4.98 Å². The van der Waals surface area contributed by atoms with Crippen molar-refractivity contribution in [2.75, 3.05) is 7.05 Å². The third-order valence-electron chi connectivity index (χ3n) is 2.46. The Morgan fingerprint density at radius 1 is 1.42 bits per heavy atom. The van der Waals surface area contributed by atoms with Gasteiger partial charge in [-0.3, -0.25) is 4.79 Å². The standard InChI is InChI=1S/C12H13BrN4O2/c1-8(11(18)14-2)19-12-15-7-17(16-12)10-5-3-9(13)4-6-10/h3-8H,1-2H3,(H,14,18). The van der Waals surface area contributed by atoms with Crippen molar-refractivity contribution in [3.05, 3.63) is 35.1 Å². The van der Waals surface area contributed by atoms with E-state index in [-0.39, 0.29) is 11.9 Å². The van der Waals surface area contributed by atoms with Gasteiger partial charge in [-0.05, 0) is 31.2 Å². The molecular formula is C12H13BrN4O2. The molecule has 1 heterocycles. The van der Waals surface area contributed by atoms with Crippen molar-refractivity contribution in [3.63, 3.8) is 0 Å². The molecule has 6 nitrogen and oxygen atoms in total. The van der Waals surface area contributed by atoms with Crippen LogP contribution in [-0.4, -0.2) is 33.8 Å². The Kier molecular flexibility index (Phi) is 4.16. The van der Waals surface area contributed by atoms with Crippen LogP contribution in [0.1, 0.15) is 6.92 Å². The number of ether oxygens (including phenoxy) is 1. The number of rotatable bonds is 4. The van der Waals surface area contributed by atoms with E-state index >= 15 is 0 Å². The van der Waals surface area contributed by atoms with Crippen LogP contribution in [0, 0.1) is 0 Å². The van der Waals surface area contributed by atoms with E-state index in [0.717, 1.165) is 10.2 Å². The normalized spacial score (nSPS) is 11.9. The van der Waals surface area contributed by atoms with E-state index in [1.807, 2.05) is 24.3 Å². The Balaban J connectivity index is 2.11. The van der Waals surface area contributed by atoms with Gasteiger partial charge >= 0.3 is 6.01 Å². The molecule has 0 saturated heterocycles. The molecule has 19 heavy (non-hydrogen) atoms. The second kappa shape index (κ2) is 5.83. The topological polar surface area (TPSA) is 69.0 Å². The number of nitrogens with zero attached hydrogens (tertiary/aromatic N) is 3. The molecule has 1 N–H and O–H groups in total. The van der Waals surface area contributed by atoms with E-state index in [9.17, 15) is 4.79 Å². The number of amides is 1. The Morgan fingerprint density at radius 3 is 2.74 bits per heavy atom. The molecule has 100 valence electrons. The summed E-state index contributed by atoms with van der Waals surface area (Å²) in [5.74, 6) is -0.222. The molecule has 0 fully saturated rings. The molecule has 0 aliphatic carbocycles. The summed E-state index contributed by atoms with van der Waals surface area (Å²) in [7, 11) is 1.55. The number of carbonyl (C=O) groups is 1. The predicted octanol–water partition coefficient (Wildman–Crippen LogP) is 1.54. The minimum Gasteiger partial charge on any atom is -0.449 e. The van der Waals surface area contributed by atoms with E-state index < -0.39 is 6.10 Å². The Bertz CT molecular complexity index is 567. The molecule has 2 aromatic rings. The van der Waals surface area contributed by atoms with E-state index in [4.69, 9.17) is 4.74 Å². The summed E-state index contributed by atoms with van der Waals surface area (Å²) in [5, 5.41) is 6.65. The van der Waals surface area contributed by atoms with Gasteiger partial charge in [-0.25, -0.2) is 4.68 Å². The quantitative estimate of drug-likeness (QED) is 0.926. The lowest BCUT2D eigenvalue weighted by Gasteiger charge is -2.09. The molecule has 1 aromatic carbocycles. The minimum atomic E-state index is -0.634. The summed E-state index contributed by atoms with van der Waals surface area (Å²) < 4.78 is 7.90. The van der Waals surface area contributed by atoms with Gasteiger partial charge in [-0.1, -0.05) is 15.9 Å². The van der Waals surface area contributed by atoms with Crippen molar-refractivity contribution < 1.29 is 9.53 Å². The molecule has 7 heteroatoms. The van der Waals surface area contributed by atoms with Crippen LogP contribution in [0.5, 0.6) is 6.01 Å². The van der Waals surface area contributed by atoms with Crippen LogP contribution in [0.3, 0.4) is 0 Å². The van der Waals surface area contributed by atoms with E-state index in [2.05, 4.69) is 31.3 Å². The Labute approximate surface area is 118 Å². The lowest BCUT2D eigenvalue weighted by molar-refractivity contribution is -0.126. The Morgan fingerprint density at radius 2 is 2.11 bits per heavy atom. The lowest BCUT2D eigenvalue weighted by Crippen LogP contribution is -2.34. The second-order valence-corrected chi connectivity index (χ2v) is 4.74. The van der Waals surface area contributed by atoms with Crippen LogP contribution < -0.4 is 10.1 Å². The van der Waals surface area contributed by atoms with Gasteiger partial charge in [0, 0.05) is 11.5 Å². The van der Waals surface area contributed by atoms with E-state index in [1.165, 1.54) is 6.33 Å². The highest BCUT2D eigenvalue weighted by Gasteiger charge is 2.15. The number of aromatic nitrogens is 3.